The highest BCUT2D eigenvalue weighted by Crippen LogP contribution is 2.21. The number of carbonyl (C=O) groups excluding carboxylic acids is 1. The maximum absolute atomic E-state index is 13.0. The molecule has 0 bridgehead atoms. The fraction of sp³-hybridized carbons (Fsp3) is 0.0625. The van der Waals surface area contributed by atoms with E-state index in [1.54, 1.807) is 6.08 Å². The molecule has 0 spiro atoms. The minimum absolute atomic E-state index is 0.219. The Morgan fingerprint density at radius 1 is 1.14 bits per heavy atom. The molecule has 0 radical (unpaired) electrons. The van der Waals surface area contributed by atoms with Crippen LogP contribution in [0.1, 0.15) is 16.7 Å². The maximum Gasteiger partial charge on any atom is 0.249 e. The van der Waals surface area contributed by atoms with Crippen LogP contribution in [0.5, 0.6) is 0 Å². The minimum atomic E-state index is -0.704. The summed E-state index contributed by atoms with van der Waals surface area (Å²) in [6.45, 7) is 1.96. The molecule has 0 aliphatic rings. The molecule has 1 amide bonds. The number of azide groups is 1. The summed E-state index contributed by atoms with van der Waals surface area (Å²) in [6.07, 6.45) is 1.61. The molecule has 21 heavy (non-hydrogen) atoms. The second-order valence-electron chi connectivity index (χ2n) is 4.47. The van der Waals surface area contributed by atoms with Gasteiger partial charge in [0.05, 0.1) is 0 Å². The molecular formula is C16H12FN3O. The zero-order valence-corrected chi connectivity index (χ0v) is 11.3. The molecule has 0 atom stereocenters. The molecule has 0 unspecified atom stereocenters. The predicted octanol–water partition coefficient (Wildman–Crippen LogP) is 4.51. The molecular weight excluding hydrogens is 269 g/mol. The van der Waals surface area contributed by atoms with Crippen LogP contribution in [0, 0.1) is 12.7 Å². The van der Waals surface area contributed by atoms with Gasteiger partial charge >= 0.3 is 0 Å². The molecule has 0 N–H and O–H groups in total. The second kappa shape index (κ2) is 6.50. The molecule has 0 saturated heterocycles. The van der Waals surface area contributed by atoms with E-state index < -0.39 is 11.7 Å². The summed E-state index contributed by atoms with van der Waals surface area (Å²) in [5.41, 5.74) is 11.0. The fourth-order valence-corrected chi connectivity index (χ4v) is 1.82. The van der Waals surface area contributed by atoms with Gasteiger partial charge in [0.2, 0.25) is 5.91 Å². The molecule has 5 heteroatoms. The summed E-state index contributed by atoms with van der Waals surface area (Å²) < 4.78 is 13.0. The molecule has 0 aliphatic heterocycles. The Hall–Kier alpha value is -2.91. The number of amides is 1. The predicted molar refractivity (Wildman–Crippen MR) is 79.6 cm³/mol. The highest BCUT2D eigenvalue weighted by molar-refractivity contribution is 6.24. The van der Waals surface area contributed by atoms with Crippen molar-refractivity contribution in [2.75, 3.05) is 0 Å². The van der Waals surface area contributed by atoms with E-state index in [9.17, 15) is 9.18 Å². The third-order valence-electron chi connectivity index (χ3n) is 2.91. The first-order valence-electron chi connectivity index (χ1n) is 6.24. The van der Waals surface area contributed by atoms with Crippen LogP contribution in [0.3, 0.4) is 0 Å². The standard InChI is InChI=1S/C16H12FN3O/c1-11-2-4-12(5-3-11)10-15(16(21)19-20-18)13-6-8-14(17)9-7-13/h2-10H,1H3/b15-10-. The van der Waals surface area contributed by atoms with Gasteiger partial charge in [-0.2, -0.15) is 0 Å². The van der Waals surface area contributed by atoms with Gasteiger partial charge in [-0.3, -0.25) is 4.79 Å². The van der Waals surface area contributed by atoms with E-state index in [0.717, 1.165) is 11.1 Å². The normalized spacial score (nSPS) is 10.9. The summed E-state index contributed by atoms with van der Waals surface area (Å²) >= 11 is 0. The number of hydrogen-bond donors (Lipinski definition) is 0. The topological polar surface area (TPSA) is 65.8 Å². The van der Waals surface area contributed by atoms with Crippen molar-refractivity contribution in [1.82, 2.24) is 0 Å². The molecule has 2 rings (SSSR count). The highest BCUT2D eigenvalue weighted by atomic mass is 19.1. The first-order chi connectivity index (χ1) is 10.1. The number of halogens is 1. The lowest BCUT2D eigenvalue weighted by atomic mass is 10.0. The lowest BCUT2D eigenvalue weighted by Crippen LogP contribution is -1.97. The monoisotopic (exact) mass is 281 g/mol. The quantitative estimate of drug-likeness (QED) is 0.268. The summed E-state index contributed by atoms with van der Waals surface area (Å²) in [4.78, 5) is 14.4. The number of benzene rings is 2. The Balaban J connectivity index is 2.50. The highest BCUT2D eigenvalue weighted by Gasteiger charge is 2.10. The number of nitrogens with zero attached hydrogens (tertiary/aromatic N) is 3. The molecule has 0 fully saturated rings. The zero-order valence-electron chi connectivity index (χ0n) is 11.3. The SMILES string of the molecule is Cc1ccc(/C=C(\C(=O)N=[N+]=[N-])c2ccc(F)cc2)cc1. The number of rotatable bonds is 3. The lowest BCUT2D eigenvalue weighted by Gasteiger charge is -2.04. The van der Waals surface area contributed by atoms with Gasteiger partial charge in [-0.1, -0.05) is 42.0 Å². The van der Waals surface area contributed by atoms with Crippen molar-refractivity contribution in [2.45, 2.75) is 6.92 Å². The van der Waals surface area contributed by atoms with Crippen LogP contribution in [-0.4, -0.2) is 5.91 Å². The number of aryl methyl sites for hydroxylation is 1. The molecule has 0 aromatic heterocycles. The third-order valence-corrected chi connectivity index (χ3v) is 2.91. The number of carbonyl (C=O) groups is 1. The van der Waals surface area contributed by atoms with E-state index in [4.69, 9.17) is 5.53 Å². The molecule has 0 aliphatic carbocycles. The molecule has 4 nitrogen and oxygen atoms in total. The Kier molecular flexibility index (Phi) is 4.49. The fourth-order valence-electron chi connectivity index (χ4n) is 1.82. The van der Waals surface area contributed by atoms with Crippen LogP contribution >= 0.6 is 0 Å². The van der Waals surface area contributed by atoms with Crippen LogP contribution in [0.25, 0.3) is 22.1 Å². The van der Waals surface area contributed by atoms with Crippen molar-refractivity contribution >= 4 is 17.6 Å². The van der Waals surface area contributed by atoms with Gasteiger partial charge in [-0.05, 0) is 46.9 Å². The Morgan fingerprint density at radius 3 is 2.33 bits per heavy atom. The van der Waals surface area contributed by atoms with Gasteiger partial charge in [0.1, 0.15) is 5.82 Å². The first kappa shape index (κ1) is 14.5. The lowest BCUT2D eigenvalue weighted by molar-refractivity contribution is -0.112. The Morgan fingerprint density at radius 2 is 1.76 bits per heavy atom. The van der Waals surface area contributed by atoms with Crippen LogP contribution in [0.2, 0.25) is 0 Å². The van der Waals surface area contributed by atoms with Gasteiger partial charge < -0.3 is 0 Å². The van der Waals surface area contributed by atoms with Gasteiger partial charge in [-0.15, -0.1) is 0 Å². The molecule has 2 aromatic rings. The summed E-state index contributed by atoms with van der Waals surface area (Å²) in [5, 5.41) is 3.12. The summed E-state index contributed by atoms with van der Waals surface area (Å²) in [6, 6.07) is 13.0. The Labute approximate surface area is 121 Å². The van der Waals surface area contributed by atoms with Crippen LogP contribution in [0.15, 0.2) is 53.6 Å². The van der Waals surface area contributed by atoms with Crippen molar-refractivity contribution in [3.63, 3.8) is 0 Å². The molecule has 0 heterocycles. The van der Waals surface area contributed by atoms with Crippen molar-refractivity contribution in [3.05, 3.63) is 81.5 Å². The van der Waals surface area contributed by atoms with Crippen molar-refractivity contribution < 1.29 is 9.18 Å². The van der Waals surface area contributed by atoms with Crippen molar-refractivity contribution in [3.8, 4) is 0 Å². The average molecular weight is 281 g/mol. The van der Waals surface area contributed by atoms with E-state index in [1.165, 1.54) is 24.3 Å². The van der Waals surface area contributed by atoms with Crippen molar-refractivity contribution in [2.24, 2.45) is 5.11 Å². The molecule has 0 saturated carbocycles. The third kappa shape index (κ3) is 3.78. The average Bonchev–Trinajstić information content (AvgIpc) is 2.48. The maximum atomic E-state index is 13.0. The summed E-state index contributed by atoms with van der Waals surface area (Å²) in [5.74, 6) is -1.10. The second-order valence-corrected chi connectivity index (χ2v) is 4.47. The smallest absolute Gasteiger partial charge is 0.249 e. The van der Waals surface area contributed by atoms with Gasteiger partial charge in [0.15, 0.2) is 0 Å². The minimum Gasteiger partial charge on any atom is -0.287 e. The van der Waals surface area contributed by atoms with E-state index in [0.29, 0.717) is 5.56 Å². The van der Waals surface area contributed by atoms with E-state index in [1.807, 2.05) is 31.2 Å². The van der Waals surface area contributed by atoms with Gasteiger partial charge in [0, 0.05) is 10.5 Å². The van der Waals surface area contributed by atoms with Gasteiger partial charge in [0.25, 0.3) is 0 Å². The Bertz CT molecular complexity index is 727. The van der Waals surface area contributed by atoms with Crippen LogP contribution in [0.4, 0.5) is 4.39 Å². The summed E-state index contributed by atoms with van der Waals surface area (Å²) in [7, 11) is 0. The van der Waals surface area contributed by atoms with Crippen LogP contribution in [-0.2, 0) is 4.79 Å². The zero-order chi connectivity index (χ0) is 15.2. The van der Waals surface area contributed by atoms with E-state index >= 15 is 0 Å². The largest absolute Gasteiger partial charge is 0.287 e. The van der Waals surface area contributed by atoms with E-state index in [2.05, 4.69) is 10.0 Å². The molecule has 2 aromatic carbocycles. The first-order valence-corrected chi connectivity index (χ1v) is 6.24. The van der Waals surface area contributed by atoms with Gasteiger partial charge in [-0.25, -0.2) is 4.39 Å². The van der Waals surface area contributed by atoms with E-state index in [-0.39, 0.29) is 5.57 Å². The molecule has 104 valence electrons. The number of hydrogen-bond acceptors (Lipinski definition) is 1. The van der Waals surface area contributed by atoms with Crippen LogP contribution < -0.4 is 0 Å². The van der Waals surface area contributed by atoms with Crippen molar-refractivity contribution in [1.29, 1.82) is 0 Å².